The average molecular weight is 381 g/mol. The summed E-state index contributed by atoms with van der Waals surface area (Å²) in [6.45, 7) is 3.79. The van der Waals surface area contributed by atoms with Gasteiger partial charge in [-0.25, -0.2) is 8.78 Å². The number of benzene rings is 2. The van der Waals surface area contributed by atoms with E-state index in [9.17, 15) is 18.4 Å². The number of nitrogens with one attached hydrogen (secondary N) is 2. The number of rotatable bonds is 6. The predicted octanol–water partition coefficient (Wildman–Crippen LogP) is 4.40. The molecular weight excluding hydrogens is 362 g/mol. The molecule has 0 saturated heterocycles. The molecule has 2 N–H and O–H groups in total. The van der Waals surface area contributed by atoms with Crippen LogP contribution < -0.4 is 10.6 Å². The number of anilines is 1. The fourth-order valence-electron chi connectivity index (χ4n) is 2.36. The Labute approximate surface area is 155 Å². The number of halogens is 3. The molecule has 0 aliphatic rings. The zero-order chi connectivity index (χ0) is 19.3. The summed E-state index contributed by atoms with van der Waals surface area (Å²) in [5, 5.41) is 5.53. The average Bonchev–Trinajstić information content (AvgIpc) is 2.56. The van der Waals surface area contributed by atoms with Gasteiger partial charge in [-0.05, 0) is 48.7 Å². The third-order valence-electron chi connectivity index (χ3n) is 3.62. The topological polar surface area (TPSA) is 58.2 Å². The standard InChI is InChI=1S/C19H19ClF2N2O2/c1-11(2)9-17(24-18(25)12-3-5-13(20)6-4-12)19(26)23-16-8-7-14(21)10-15(16)22/h3-8,10-11,17H,9H2,1-2H3,(H,23,26)(H,24,25). The molecule has 4 nitrogen and oxygen atoms in total. The van der Waals surface area contributed by atoms with Crippen LogP contribution >= 0.6 is 11.6 Å². The Hall–Kier alpha value is -2.47. The first-order chi connectivity index (χ1) is 12.3. The normalized spacial score (nSPS) is 11.9. The number of amides is 2. The third-order valence-corrected chi connectivity index (χ3v) is 3.88. The van der Waals surface area contributed by atoms with Gasteiger partial charge in [0.05, 0.1) is 5.69 Å². The van der Waals surface area contributed by atoms with E-state index in [4.69, 9.17) is 11.6 Å². The van der Waals surface area contributed by atoms with Crippen molar-refractivity contribution in [2.45, 2.75) is 26.3 Å². The van der Waals surface area contributed by atoms with Gasteiger partial charge in [0.15, 0.2) is 0 Å². The van der Waals surface area contributed by atoms with E-state index in [0.717, 1.165) is 12.1 Å². The van der Waals surface area contributed by atoms with Crippen LogP contribution in [0.5, 0.6) is 0 Å². The Morgan fingerprint density at radius 1 is 1.08 bits per heavy atom. The zero-order valence-corrected chi connectivity index (χ0v) is 15.1. The monoisotopic (exact) mass is 380 g/mol. The first-order valence-electron chi connectivity index (χ1n) is 8.08. The molecule has 7 heteroatoms. The Balaban J connectivity index is 2.13. The Bertz CT molecular complexity index is 795. The molecule has 0 radical (unpaired) electrons. The summed E-state index contributed by atoms with van der Waals surface area (Å²) in [4.78, 5) is 24.9. The van der Waals surface area contributed by atoms with Gasteiger partial charge < -0.3 is 10.6 Å². The maximum atomic E-state index is 13.7. The molecule has 0 fully saturated rings. The molecule has 0 bridgehead atoms. The van der Waals surface area contributed by atoms with E-state index >= 15 is 0 Å². The van der Waals surface area contributed by atoms with Crippen molar-refractivity contribution < 1.29 is 18.4 Å². The van der Waals surface area contributed by atoms with Crippen molar-refractivity contribution in [3.05, 3.63) is 64.7 Å². The zero-order valence-electron chi connectivity index (χ0n) is 14.4. The Kier molecular flexibility index (Phi) is 6.69. The van der Waals surface area contributed by atoms with Crippen LogP contribution in [-0.4, -0.2) is 17.9 Å². The van der Waals surface area contributed by atoms with Gasteiger partial charge in [-0.1, -0.05) is 25.4 Å². The minimum Gasteiger partial charge on any atom is -0.340 e. The highest BCUT2D eigenvalue weighted by Gasteiger charge is 2.23. The lowest BCUT2D eigenvalue weighted by Crippen LogP contribution is -2.44. The number of hydrogen-bond acceptors (Lipinski definition) is 2. The van der Waals surface area contributed by atoms with E-state index in [2.05, 4.69) is 10.6 Å². The van der Waals surface area contributed by atoms with Gasteiger partial charge in [0.25, 0.3) is 5.91 Å². The van der Waals surface area contributed by atoms with E-state index in [1.54, 1.807) is 24.3 Å². The summed E-state index contributed by atoms with van der Waals surface area (Å²) in [6, 6.07) is 8.22. The highest BCUT2D eigenvalue weighted by Crippen LogP contribution is 2.17. The highest BCUT2D eigenvalue weighted by atomic mass is 35.5. The van der Waals surface area contributed by atoms with Crippen LogP contribution in [-0.2, 0) is 4.79 Å². The molecule has 0 heterocycles. The molecule has 0 aliphatic carbocycles. The molecule has 2 rings (SSSR count). The van der Waals surface area contributed by atoms with Crippen molar-refractivity contribution in [3.63, 3.8) is 0 Å². The summed E-state index contributed by atoms with van der Waals surface area (Å²) < 4.78 is 26.7. The van der Waals surface area contributed by atoms with Gasteiger partial charge in [0.2, 0.25) is 5.91 Å². The summed E-state index contributed by atoms with van der Waals surface area (Å²) in [5.41, 5.74) is 0.204. The van der Waals surface area contributed by atoms with Crippen LogP contribution in [0.25, 0.3) is 0 Å². The lowest BCUT2D eigenvalue weighted by atomic mass is 10.0. The van der Waals surface area contributed by atoms with E-state index in [1.807, 2.05) is 13.8 Å². The van der Waals surface area contributed by atoms with Crippen molar-refractivity contribution in [1.29, 1.82) is 0 Å². The molecule has 2 amide bonds. The number of carbonyl (C=O) groups is 2. The second-order valence-electron chi connectivity index (χ2n) is 6.28. The minimum absolute atomic E-state index is 0.106. The van der Waals surface area contributed by atoms with Crippen molar-refractivity contribution >= 4 is 29.1 Å². The molecule has 1 atom stereocenters. The molecule has 138 valence electrons. The summed E-state index contributed by atoms with van der Waals surface area (Å²) in [5.74, 6) is -2.54. The van der Waals surface area contributed by atoms with Gasteiger partial charge in [0.1, 0.15) is 17.7 Å². The minimum atomic E-state index is -0.884. The van der Waals surface area contributed by atoms with Gasteiger partial charge in [-0.3, -0.25) is 9.59 Å². The fraction of sp³-hybridized carbons (Fsp3) is 0.263. The quantitative estimate of drug-likeness (QED) is 0.780. The van der Waals surface area contributed by atoms with Crippen LogP contribution in [0, 0.1) is 17.6 Å². The summed E-state index contributed by atoms with van der Waals surface area (Å²) in [7, 11) is 0. The first-order valence-corrected chi connectivity index (χ1v) is 8.46. The number of hydrogen-bond donors (Lipinski definition) is 2. The van der Waals surface area contributed by atoms with Crippen molar-refractivity contribution in [2.24, 2.45) is 5.92 Å². The largest absolute Gasteiger partial charge is 0.340 e. The molecule has 0 aliphatic heterocycles. The molecule has 26 heavy (non-hydrogen) atoms. The van der Waals surface area contributed by atoms with E-state index in [0.29, 0.717) is 23.1 Å². The van der Waals surface area contributed by atoms with Crippen LogP contribution in [0.2, 0.25) is 5.02 Å². The molecular formula is C19H19ClF2N2O2. The van der Waals surface area contributed by atoms with Crippen LogP contribution in [0.1, 0.15) is 30.6 Å². The molecule has 2 aromatic carbocycles. The number of carbonyl (C=O) groups excluding carboxylic acids is 2. The molecule has 0 saturated carbocycles. The van der Waals surface area contributed by atoms with Crippen molar-refractivity contribution in [3.8, 4) is 0 Å². The lowest BCUT2D eigenvalue weighted by Gasteiger charge is -2.20. The third kappa shape index (κ3) is 5.52. The Morgan fingerprint density at radius 2 is 1.73 bits per heavy atom. The predicted molar refractivity (Wildman–Crippen MR) is 97.1 cm³/mol. The van der Waals surface area contributed by atoms with Crippen LogP contribution in [0.4, 0.5) is 14.5 Å². The SMILES string of the molecule is CC(C)CC(NC(=O)c1ccc(Cl)cc1)C(=O)Nc1ccc(F)cc1F. The van der Waals surface area contributed by atoms with Crippen LogP contribution in [0.3, 0.4) is 0 Å². The highest BCUT2D eigenvalue weighted by molar-refractivity contribution is 6.30. The summed E-state index contributed by atoms with van der Waals surface area (Å²) >= 11 is 5.80. The van der Waals surface area contributed by atoms with Gasteiger partial charge >= 0.3 is 0 Å². The second kappa shape index (κ2) is 8.76. The van der Waals surface area contributed by atoms with Crippen LogP contribution in [0.15, 0.2) is 42.5 Å². The van der Waals surface area contributed by atoms with Gasteiger partial charge in [-0.2, -0.15) is 0 Å². The first kappa shape index (κ1) is 19.8. The van der Waals surface area contributed by atoms with Gasteiger partial charge in [-0.15, -0.1) is 0 Å². The van der Waals surface area contributed by atoms with Crippen molar-refractivity contribution in [2.75, 3.05) is 5.32 Å². The molecule has 0 aromatic heterocycles. The Morgan fingerprint density at radius 3 is 2.31 bits per heavy atom. The summed E-state index contributed by atoms with van der Waals surface area (Å²) in [6.07, 6.45) is 0.355. The molecule has 0 spiro atoms. The maximum Gasteiger partial charge on any atom is 0.251 e. The molecule has 2 aromatic rings. The molecule has 1 unspecified atom stereocenters. The second-order valence-corrected chi connectivity index (χ2v) is 6.71. The fourth-order valence-corrected chi connectivity index (χ4v) is 2.48. The van der Waals surface area contributed by atoms with E-state index in [1.165, 1.54) is 0 Å². The van der Waals surface area contributed by atoms with Crippen molar-refractivity contribution in [1.82, 2.24) is 5.32 Å². The van der Waals surface area contributed by atoms with E-state index < -0.39 is 29.5 Å². The smallest absolute Gasteiger partial charge is 0.251 e. The van der Waals surface area contributed by atoms with Gasteiger partial charge in [0, 0.05) is 16.7 Å². The maximum absolute atomic E-state index is 13.7. The van der Waals surface area contributed by atoms with E-state index in [-0.39, 0.29) is 11.6 Å². The lowest BCUT2D eigenvalue weighted by molar-refractivity contribution is -0.118.